The fourth-order valence-electron chi connectivity index (χ4n) is 3.64. The first kappa shape index (κ1) is 17.5. The molecule has 2 aliphatic rings. The van der Waals surface area contributed by atoms with Gasteiger partial charge in [-0.3, -0.25) is 9.59 Å². The second-order valence-corrected chi connectivity index (χ2v) is 6.59. The van der Waals surface area contributed by atoms with Crippen molar-refractivity contribution in [2.24, 2.45) is 23.7 Å². The minimum Gasteiger partial charge on any atom is -0.468 e. The summed E-state index contributed by atoms with van der Waals surface area (Å²) in [5, 5.41) is 0. The highest BCUT2D eigenvalue weighted by Crippen LogP contribution is 2.40. The van der Waals surface area contributed by atoms with Gasteiger partial charge in [0.05, 0.1) is 13.2 Å². The number of cyclic esters (lactones) is 1. The molecule has 0 aromatic carbocycles. The van der Waals surface area contributed by atoms with Crippen molar-refractivity contribution in [3.05, 3.63) is 12.7 Å². The van der Waals surface area contributed by atoms with E-state index in [1.807, 2.05) is 13.8 Å². The van der Waals surface area contributed by atoms with Gasteiger partial charge in [-0.25, -0.2) is 9.69 Å². The molecule has 128 valence electrons. The van der Waals surface area contributed by atoms with Crippen molar-refractivity contribution in [3.8, 4) is 0 Å². The Labute approximate surface area is 136 Å². The standard InChI is InChI=1S/C17H25NO5/c1-5-11-7-6-8-12(11)14(16(20)22-4)15(19)18-13(10(2)3)9-23-17(18)21/h5,10-14H,1,6-9H2,2-4H3/t11-,12-,13-,14?/m1/s1. The molecule has 2 rings (SSSR count). The Morgan fingerprint density at radius 1 is 1.39 bits per heavy atom. The Hall–Kier alpha value is -1.85. The zero-order chi connectivity index (χ0) is 17.1. The van der Waals surface area contributed by atoms with Crippen molar-refractivity contribution in [1.82, 2.24) is 4.90 Å². The van der Waals surface area contributed by atoms with Gasteiger partial charge in [0.1, 0.15) is 12.5 Å². The number of methoxy groups -OCH3 is 1. The Balaban J connectivity index is 2.31. The van der Waals surface area contributed by atoms with Gasteiger partial charge in [0.25, 0.3) is 0 Å². The molecule has 0 N–H and O–H groups in total. The van der Waals surface area contributed by atoms with Crippen molar-refractivity contribution >= 4 is 18.0 Å². The molecule has 0 bridgehead atoms. The number of carbonyl (C=O) groups excluding carboxylic acids is 3. The number of allylic oxidation sites excluding steroid dienone is 1. The fraction of sp³-hybridized carbons (Fsp3) is 0.706. The van der Waals surface area contributed by atoms with Gasteiger partial charge in [-0.05, 0) is 30.6 Å². The average molecular weight is 323 g/mol. The molecule has 23 heavy (non-hydrogen) atoms. The van der Waals surface area contributed by atoms with Crippen molar-refractivity contribution in [2.75, 3.05) is 13.7 Å². The van der Waals surface area contributed by atoms with Crippen molar-refractivity contribution in [2.45, 2.75) is 39.2 Å². The molecule has 0 aromatic heterocycles. The number of amides is 2. The van der Waals surface area contributed by atoms with Crippen LogP contribution >= 0.6 is 0 Å². The van der Waals surface area contributed by atoms with Crippen LogP contribution in [0.1, 0.15) is 33.1 Å². The number of hydrogen-bond donors (Lipinski definition) is 0. The zero-order valence-electron chi connectivity index (χ0n) is 14.0. The molecule has 1 aliphatic heterocycles. The van der Waals surface area contributed by atoms with E-state index < -0.39 is 23.9 Å². The van der Waals surface area contributed by atoms with Crippen molar-refractivity contribution < 1.29 is 23.9 Å². The number of esters is 1. The number of carbonyl (C=O) groups is 3. The Bertz CT molecular complexity index is 501. The minimum atomic E-state index is -0.975. The molecule has 1 aliphatic carbocycles. The van der Waals surface area contributed by atoms with Crippen LogP contribution in [-0.2, 0) is 19.1 Å². The summed E-state index contributed by atoms with van der Waals surface area (Å²) in [6.07, 6.45) is 3.70. The maximum Gasteiger partial charge on any atom is 0.417 e. The lowest BCUT2D eigenvalue weighted by Gasteiger charge is -2.30. The van der Waals surface area contributed by atoms with E-state index in [2.05, 4.69) is 6.58 Å². The molecule has 1 unspecified atom stereocenters. The third kappa shape index (κ3) is 3.26. The van der Waals surface area contributed by atoms with Gasteiger partial charge in [0, 0.05) is 0 Å². The third-order valence-electron chi connectivity index (χ3n) is 4.99. The molecular weight excluding hydrogens is 298 g/mol. The van der Waals surface area contributed by atoms with Gasteiger partial charge in [-0.1, -0.05) is 26.3 Å². The Kier molecular flexibility index (Phi) is 5.44. The number of ether oxygens (including phenoxy) is 2. The highest BCUT2D eigenvalue weighted by atomic mass is 16.6. The topological polar surface area (TPSA) is 72.9 Å². The normalized spacial score (nSPS) is 28.6. The maximum atomic E-state index is 13.0. The summed E-state index contributed by atoms with van der Waals surface area (Å²) in [6.45, 7) is 7.82. The van der Waals surface area contributed by atoms with Crippen LogP contribution in [0.25, 0.3) is 0 Å². The van der Waals surface area contributed by atoms with Crippen LogP contribution < -0.4 is 0 Å². The highest BCUT2D eigenvalue weighted by Gasteiger charge is 2.49. The Morgan fingerprint density at radius 3 is 2.65 bits per heavy atom. The fourth-order valence-corrected chi connectivity index (χ4v) is 3.64. The molecule has 6 heteroatoms. The van der Waals surface area contributed by atoms with Crippen LogP contribution in [0, 0.1) is 23.7 Å². The molecule has 0 radical (unpaired) electrons. The summed E-state index contributed by atoms with van der Waals surface area (Å²) >= 11 is 0. The quantitative estimate of drug-likeness (QED) is 0.441. The minimum absolute atomic E-state index is 0.0578. The average Bonchev–Trinajstić information content (AvgIpc) is 3.13. The van der Waals surface area contributed by atoms with E-state index in [4.69, 9.17) is 9.47 Å². The maximum absolute atomic E-state index is 13.0. The molecule has 0 aromatic rings. The van der Waals surface area contributed by atoms with Crippen LogP contribution in [0.5, 0.6) is 0 Å². The van der Waals surface area contributed by atoms with Gasteiger partial charge in [-0.15, -0.1) is 6.58 Å². The summed E-state index contributed by atoms with van der Waals surface area (Å²) in [4.78, 5) is 38.4. The number of nitrogens with zero attached hydrogens (tertiary/aromatic N) is 1. The SMILES string of the molecule is C=C[C@@H]1CCC[C@H]1C(C(=O)OC)C(=O)N1C(=O)OC[C@@H]1C(C)C. The van der Waals surface area contributed by atoms with Crippen molar-refractivity contribution in [3.63, 3.8) is 0 Å². The largest absolute Gasteiger partial charge is 0.468 e. The Morgan fingerprint density at radius 2 is 2.09 bits per heavy atom. The molecule has 6 nitrogen and oxygen atoms in total. The summed E-state index contributed by atoms with van der Waals surface area (Å²) in [7, 11) is 1.27. The van der Waals surface area contributed by atoms with Gasteiger partial charge in [-0.2, -0.15) is 0 Å². The predicted molar refractivity (Wildman–Crippen MR) is 83.4 cm³/mol. The van der Waals surface area contributed by atoms with E-state index in [-0.39, 0.29) is 30.4 Å². The molecule has 1 heterocycles. The van der Waals surface area contributed by atoms with E-state index >= 15 is 0 Å². The van der Waals surface area contributed by atoms with E-state index in [1.54, 1.807) is 6.08 Å². The first-order valence-electron chi connectivity index (χ1n) is 8.12. The molecule has 2 amide bonds. The lowest BCUT2D eigenvalue weighted by atomic mass is 9.82. The molecule has 1 saturated heterocycles. The smallest absolute Gasteiger partial charge is 0.417 e. The van der Waals surface area contributed by atoms with Crippen LogP contribution in [0.15, 0.2) is 12.7 Å². The lowest BCUT2D eigenvalue weighted by molar-refractivity contribution is -0.156. The molecule has 1 saturated carbocycles. The number of imide groups is 1. The molecule has 0 spiro atoms. The monoisotopic (exact) mass is 323 g/mol. The second kappa shape index (κ2) is 7.15. The molecule has 2 fully saturated rings. The first-order valence-corrected chi connectivity index (χ1v) is 8.12. The van der Waals surface area contributed by atoms with Gasteiger partial charge >= 0.3 is 12.1 Å². The van der Waals surface area contributed by atoms with Crippen LogP contribution in [0.3, 0.4) is 0 Å². The number of hydrogen-bond acceptors (Lipinski definition) is 5. The summed E-state index contributed by atoms with van der Waals surface area (Å²) in [5.74, 6) is -2.10. The van der Waals surface area contributed by atoms with E-state index in [0.29, 0.717) is 0 Å². The third-order valence-corrected chi connectivity index (χ3v) is 4.99. The van der Waals surface area contributed by atoms with E-state index in [0.717, 1.165) is 24.2 Å². The van der Waals surface area contributed by atoms with E-state index in [1.165, 1.54) is 7.11 Å². The van der Waals surface area contributed by atoms with Crippen LogP contribution in [-0.4, -0.2) is 42.6 Å². The number of rotatable bonds is 5. The first-order chi connectivity index (χ1) is 10.9. The second-order valence-electron chi connectivity index (χ2n) is 6.59. The summed E-state index contributed by atoms with van der Waals surface area (Å²) in [5.41, 5.74) is 0. The van der Waals surface area contributed by atoms with Crippen LogP contribution in [0.2, 0.25) is 0 Å². The van der Waals surface area contributed by atoms with Gasteiger partial charge in [0.15, 0.2) is 0 Å². The lowest BCUT2D eigenvalue weighted by Crippen LogP contribution is -2.49. The summed E-state index contributed by atoms with van der Waals surface area (Å²) in [6, 6.07) is -0.342. The van der Waals surface area contributed by atoms with E-state index in [9.17, 15) is 14.4 Å². The van der Waals surface area contributed by atoms with Gasteiger partial charge < -0.3 is 9.47 Å². The molecule has 4 atom stereocenters. The van der Waals surface area contributed by atoms with Crippen molar-refractivity contribution in [1.29, 1.82) is 0 Å². The van der Waals surface area contributed by atoms with Crippen LogP contribution in [0.4, 0.5) is 4.79 Å². The molecular formula is C17H25NO5. The predicted octanol–water partition coefficient (Wildman–Crippen LogP) is 2.38. The zero-order valence-corrected chi connectivity index (χ0v) is 14.0. The van der Waals surface area contributed by atoms with Gasteiger partial charge in [0.2, 0.25) is 5.91 Å². The highest BCUT2D eigenvalue weighted by molar-refractivity contribution is 6.04. The summed E-state index contributed by atoms with van der Waals surface area (Å²) < 4.78 is 9.89.